The Morgan fingerprint density at radius 1 is 1.20 bits per heavy atom. The van der Waals surface area contributed by atoms with Gasteiger partial charge in [-0.25, -0.2) is 19.2 Å². The monoisotopic (exact) mass is 426 g/mol. The number of imidazole rings is 1. The van der Waals surface area contributed by atoms with Gasteiger partial charge in [-0.05, 0) is 35.4 Å². The highest BCUT2D eigenvalue weighted by atomic mass is 19.4. The number of hydroxylamine groups is 1. The summed E-state index contributed by atoms with van der Waals surface area (Å²) < 4.78 is 66.7. The number of carbonyl (C=O) groups is 1. The number of aromatic nitrogens is 2. The molecule has 0 atom stereocenters. The lowest BCUT2D eigenvalue weighted by Crippen LogP contribution is -2.30. The van der Waals surface area contributed by atoms with Crippen LogP contribution in [-0.4, -0.2) is 35.1 Å². The zero-order valence-electron chi connectivity index (χ0n) is 15.4. The molecule has 0 bridgehead atoms. The number of amides is 1. The van der Waals surface area contributed by atoms with Crippen LogP contribution in [0.1, 0.15) is 11.1 Å². The van der Waals surface area contributed by atoms with Crippen molar-refractivity contribution in [2.45, 2.75) is 6.18 Å². The van der Waals surface area contributed by atoms with E-state index in [1.54, 1.807) is 5.32 Å². The van der Waals surface area contributed by atoms with Gasteiger partial charge in [0.2, 0.25) is 0 Å². The zero-order chi connectivity index (χ0) is 21.9. The van der Waals surface area contributed by atoms with Crippen LogP contribution in [0.3, 0.4) is 0 Å². The lowest BCUT2D eigenvalue weighted by Gasteiger charge is -2.11. The van der Waals surface area contributed by atoms with Gasteiger partial charge >= 0.3 is 12.1 Å². The Balaban J connectivity index is 2.01. The Morgan fingerprint density at radius 2 is 1.97 bits per heavy atom. The second-order valence-corrected chi connectivity index (χ2v) is 6.00. The number of benzene rings is 1. The van der Waals surface area contributed by atoms with Gasteiger partial charge in [-0.1, -0.05) is 12.1 Å². The Hall–Kier alpha value is -3.31. The number of pyridine rings is 1. The first-order valence-corrected chi connectivity index (χ1v) is 8.51. The smallest absolute Gasteiger partial charge is 0.304 e. The van der Waals surface area contributed by atoms with E-state index in [1.165, 1.54) is 54.2 Å². The van der Waals surface area contributed by atoms with E-state index < -0.39 is 23.7 Å². The van der Waals surface area contributed by atoms with Crippen molar-refractivity contribution >= 4 is 22.9 Å². The molecule has 0 saturated heterocycles. The van der Waals surface area contributed by atoms with Gasteiger partial charge in [-0.2, -0.15) is 13.2 Å². The lowest BCUT2D eigenvalue weighted by molar-refractivity contribution is -0.167. The van der Waals surface area contributed by atoms with Crippen molar-refractivity contribution in [1.82, 2.24) is 14.9 Å². The molecular weight excluding hydrogens is 411 g/mol. The normalized spacial score (nSPS) is 12.4. The highest BCUT2D eigenvalue weighted by molar-refractivity contribution is 5.94. The van der Waals surface area contributed by atoms with E-state index in [-0.39, 0.29) is 23.6 Å². The molecule has 1 aromatic carbocycles. The highest BCUT2D eigenvalue weighted by Crippen LogP contribution is 2.28. The van der Waals surface area contributed by atoms with Gasteiger partial charge in [0.15, 0.2) is 17.5 Å². The second kappa shape index (κ2) is 8.59. The highest BCUT2D eigenvalue weighted by Gasteiger charge is 2.39. The van der Waals surface area contributed by atoms with Crippen molar-refractivity contribution in [3.63, 3.8) is 0 Å². The summed E-state index contributed by atoms with van der Waals surface area (Å²) in [4.78, 5) is 20.0. The number of rotatable bonds is 6. The summed E-state index contributed by atoms with van der Waals surface area (Å²) >= 11 is 0. The fraction of sp³-hybridized carbons (Fsp3) is 0.158. The topological polar surface area (TPSA) is 67.7 Å². The molecule has 0 saturated carbocycles. The third-order valence-corrected chi connectivity index (χ3v) is 4.02. The summed E-state index contributed by atoms with van der Waals surface area (Å²) in [7, 11) is 1.53. The quantitative estimate of drug-likeness (QED) is 0.359. The molecule has 0 unspecified atom stereocenters. The van der Waals surface area contributed by atoms with Gasteiger partial charge in [0.1, 0.15) is 5.65 Å². The van der Waals surface area contributed by atoms with Crippen LogP contribution in [0.2, 0.25) is 0 Å². The number of alkyl halides is 3. The standard InChI is InChI=1S/C19H15F5N4O2/c1-25-30-8-7-12(13-3-2-4-14(20)17(13)21)11-5-6-16-26-15(10-28(16)9-11)27-18(29)19(22,23)24/h2-7,9-10,25H,8H2,1H3,(H,27,29)/b12-7-. The maximum absolute atomic E-state index is 14.4. The summed E-state index contributed by atoms with van der Waals surface area (Å²) in [6.07, 6.45) is -0.912. The minimum absolute atomic E-state index is 0.0244. The van der Waals surface area contributed by atoms with Crippen molar-refractivity contribution in [3.05, 3.63) is 71.6 Å². The van der Waals surface area contributed by atoms with E-state index in [2.05, 4.69) is 10.5 Å². The molecule has 158 valence electrons. The summed E-state index contributed by atoms with van der Waals surface area (Å²) in [6.45, 7) is 0.0244. The van der Waals surface area contributed by atoms with Crippen LogP contribution in [-0.2, 0) is 9.63 Å². The number of nitrogens with zero attached hydrogens (tertiary/aromatic N) is 2. The Bertz CT molecular complexity index is 1110. The van der Waals surface area contributed by atoms with Crippen LogP contribution in [0.5, 0.6) is 0 Å². The number of fused-ring (bicyclic) bond motifs is 1. The first-order valence-electron chi connectivity index (χ1n) is 8.51. The van der Waals surface area contributed by atoms with Gasteiger partial charge < -0.3 is 9.72 Å². The van der Waals surface area contributed by atoms with Crippen LogP contribution in [0, 0.1) is 11.6 Å². The van der Waals surface area contributed by atoms with E-state index in [0.717, 1.165) is 6.07 Å². The molecule has 3 rings (SSSR count). The third kappa shape index (κ3) is 4.63. The molecule has 2 N–H and O–H groups in total. The Kier molecular flexibility index (Phi) is 6.13. The molecule has 6 nitrogen and oxygen atoms in total. The van der Waals surface area contributed by atoms with E-state index >= 15 is 0 Å². The molecule has 2 aromatic heterocycles. The van der Waals surface area contributed by atoms with Crippen molar-refractivity contribution in [1.29, 1.82) is 0 Å². The molecule has 0 radical (unpaired) electrons. The van der Waals surface area contributed by atoms with Crippen molar-refractivity contribution < 1.29 is 31.6 Å². The Labute approximate surface area is 166 Å². The molecule has 3 aromatic rings. The third-order valence-electron chi connectivity index (χ3n) is 4.02. The molecule has 0 fully saturated rings. The van der Waals surface area contributed by atoms with E-state index in [9.17, 15) is 26.7 Å². The number of halogens is 5. The number of hydrogen-bond acceptors (Lipinski definition) is 4. The molecule has 30 heavy (non-hydrogen) atoms. The minimum atomic E-state index is -5.06. The lowest BCUT2D eigenvalue weighted by atomic mass is 9.98. The molecule has 0 aliphatic rings. The van der Waals surface area contributed by atoms with Gasteiger partial charge in [0, 0.05) is 18.8 Å². The maximum Gasteiger partial charge on any atom is 0.471 e. The average Bonchev–Trinajstić information content (AvgIpc) is 3.08. The van der Waals surface area contributed by atoms with Crippen molar-refractivity contribution in [2.75, 3.05) is 19.0 Å². The van der Waals surface area contributed by atoms with Crippen LogP contribution < -0.4 is 10.8 Å². The molecule has 0 aliphatic heterocycles. The summed E-state index contributed by atoms with van der Waals surface area (Å²) in [5, 5.41) is 1.66. The number of hydrogen-bond donors (Lipinski definition) is 2. The van der Waals surface area contributed by atoms with Gasteiger partial charge in [-0.15, -0.1) is 0 Å². The number of carbonyl (C=O) groups excluding carboxylic acids is 1. The fourth-order valence-electron chi connectivity index (χ4n) is 2.70. The molecular formula is C19H15F5N4O2. The van der Waals surface area contributed by atoms with Crippen LogP contribution in [0.15, 0.2) is 48.8 Å². The van der Waals surface area contributed by atoms with Crippen LogP contribution >= 0.6 is 0 Å². The van der Waals surface area contributed by atoms with Gasteiger partial charge in [0.05, 0.1) is 12.8 Å². The first-order chi connectivity index (χ1) is 14.2. The molecule has 0 spiro atoms. The van der Waals surface area contributed by atoms with Crippen LogP contribution in [0.25, 0.3) is 11.2 Å². The largest absolute Gasteiger partial charge is 0.471 e. The first kappa shape index (κ1) is 21.4. The maximum atomic E-state index is 14.4. The van der Waals surface area contributed by atoms with Crippen molar-refractivity contribution in [3.8, 4) is 0 Å². The average molecular weight is 426 g/mol. The molecule has 1 amide bonds. The van der Waals surface area contributed by atoms with Gasteiger partial charge in [0.25, 0.3) is 0 Å². The molecule has 2 heterocycles. The summed E-state index contributed by atoms with van der Waals surface area (Å²) in [6, 6.07) is 6.71. The SMILES string of the molecule is CNOC/C=C(/c1ccc2nc(NC(=O)C(F)(F)F)cn2c1)c1cccc(F)c1F. The van der Waals surface area contributed by atoms with Crippen molar-refractivity contribution in [2.24, 2.45) is 0 Å². The molecule has 11 heteroatoms. The Morgan fingerprint density at radius 3 is 2.67 bits per heavy atom. The predicted octanol–water partition coefficient (Wildman–Crippen LogP) is 3.70. The van der Waals surface area contributed by atoms with E-state index in [0.29, 0.717) is 11.1 Å². The minimum Gasteiger partial charge on any atom is -0.304 e. The van der Waals surface area contributed by atoms with Gasteiger partial charge in [-0.3, -0.25) is 9.63 Å². The summed E-state index contributed by atoms with van der Waals surface area (Å²) in [5.41, 5.74) is 3.37. The van der Waals surface area contributed by atoms with E-state index in [4.69, 9.17) is 4.84 Å². The number of anilines is 1. The van der Waals surface area contributed by atoms with E-state index in [1.807, 2.05) is 0 Å². The predicted molar refractivity (Wildman–Crippen MR) is 98.3 cm³/mol. The van der Waals surface area contributed by atoms with Crippen LogP contribution in [0.4, 0.5) is 27.8 Å². The number of nitrogens with one attached hydrogen (secondary N) is 2. The second-order valence-electron chi connectivity index (χ2n) is 6.00. The zero-order valence-corrected chi connectivity index (χ0v) is 15.4. The fourth-order valence-corrected chi connectivity index (χ4v) is 2.70. The molecule has 0 aliphatic carbocycles. The summed E-state index contributed by atoms with van der Waals surface area (Å²) in [5.74, 6) is -4.56.